The molecule has 78 valence electrons. The van der Waals surface area contributed by atoms with Crippen LogP contribution in [-0.2, 0) is 0 Å². The number of benzene rings is 1. The molecule has 0 saturated heterocycles. The number of hydrogen-bond acceptors (Lipinski definition) is 3. The van der Waals surface area contributed by atoms with Gasteiger partial charge in [-0.3, -0.25) is 4.57 Å². The van der Waals surface area contributed by atoms with Gasteiger partial charge in [-0.15, -0.1) is 0 Å². The molecule has 1 aromatic carbocycles. The van der Waals surface area contributed by atoms with Gasteiger partial charge in [-0.1, -0.05) is 18.2 Å². The summed E-state index contributed by atoms with van der Waals surface area (Å²) >= 11 is 1.44. The van der Waals surface area contributed by atoms with Gasteiger partial charge in [0.1, 0.15) is 5.82 Å². The van der Waals surface area contributed by atoms with Crippen LogP contribution in [0.3, 0.4) is 0 Å². The molecule has 0 spiro atoms. The lowest BCUT2D eigenvalue weighted by molar-refractivity contribution is 1.07. The lowest BCUT2D eigenvalue weighted by Crippen LogP contribution is -1.94. The second-order valence-electron chi connectivity index (χ2n) is 3.37. The zero-order chi connectivity index (χ0) is 10.8. The highest BCUT2D eigenvalue weighted by molar-refractivity contribution is 7.03. The average Bonchev–Trinajstić information content (AvgIpc) is 3.01. The van der Waals surface area contributed by atoms with E-state index in [4.69, 9.17) is 0 Å². The Hall–Kier alpha value is -1.94. The lowest BCUT2D eigenvalue weighted by Gasteiger charge is -2.05. The first-order chi connectivity index (χ1) is 7.95. The summed E-state index contributed by atoms with van der Waals surface area (Å²) < 4.78 is 6.16. The minimum atomic E-state index is 0.931. The van der Waals surface area contributed by atoms with Crippen LogP contribution >= 0.6 is 11.5 Å². The van der Waals surface area contributed by atoms with Crippen molar-refractivity contribution in [2.45, 2.75) is 0 Å². The van der Waals surface area contributed by atoms with E-state index in [9.17, 15) is 0 Å². The van der Waals surface area contributed by atoms with Crippen LogP contribution in [0.5, 0.6) is 0 Å². The van der Waals surface area contributed by atoms with E-state index in [0.717, 1.165) is 17.1 Å². The first-order valence-electron chi connectivity index (χ1n) is 4.94. The highest BCUT2D eigenvalue weighted by atomic mass is 32.1. The molecule has 0 unspecified atom stereocenters. The number of aromatic nitrogens is 3. The number of imidazole rings is 1. The summed E-state index contributed by atoms with van der Waals surface area (Å²) in [6.45, 7) is 0. The number of para-hydroxylation sites is 1. The topological polar surface area (TPSA) is 30.7 Å². The summed E-state index contributed by atoms with van der Waals surface area (Å²) in [7, 11) is 0. The molecule has 0 amide bonds. The molecule has 0 aliphatic heterocycles. The van der Waals surface area contributed by atoms with E-state index < -0.39 is 0 Å². The maximum absolute atomic E-state index is 4.36. The zero-order valence-corrected chi connectivity index (χ0v) is 9.26. The smallest absolute Gasteiger partial charge is 0.146 e. The molecular formula is C12H9N3S. The van der Waals surface area contributed by atoms with Crippen LogP contribution in [-0.4, -0.2) is 13.9 Å². The van der Waals surface area contributed by atoms with Crippen molar-refractivity contribution < 1.29 is 0 Å². The van der Waals surface area contributed by atoms with E-state index >= 15 is 0 Å². The summed E-state index contributed by atoms with van der Waals surface area (Å²) in [5.41, 5.74) is 2.17. The van der Waals surface area contributed by atoms with E-state index in [-0.39, 0.29) is 0 Å². The molecule has 3 nitrogen and oxygen atoms in total. The third kappa shape index (κ3) is 1.53. The quantitative estimate of drug-likeness (QED) is 0.673. The Morgan fingerprint density at radius 3 is 2.75 bits per heavy atom. The van der Waals surface area contributed by atoms with Gasteiger partial charge in [0, 0.05) is 29.0 Å². The van der Waals surface area contributed by atoms with Gasteiger partial charge in [0.05, 0.1) is 6.20 Å². The SMILES string of the molecule is c1ccc(-n2ccnc2-c2cnsc2)cc1. The van der Waals surface area contributed by atoms with E-state index in [2.05, 4.69) is 26.1 Å². The van der Waals surface area contributed by atoms with Gasteiger partial charge in [0.25, 0.3) is 0 Å². The fourth-order valence-electron chi connectivity index (χ4n) is 1.63. The maximum atomic E-state index is 4.36. The van der Waals surface area contributed by atoms with Crippen LogP contribution in [0.1, 0.15) is 0 Å². The Labute approximate surface area is 97.2 Å². The lowest BCUT2D eigenvalue weighted by atomic mass is 10.3. The van der Waals surface area contributed by atoms with Gasteiger partial charge in [-0.25, -0.2) is 9.36 Å². The predicted molar refractivity (Wildman–Crippen MR) is 64.7 cm³/mol. The molecule has 0 atom stereocenters. The van der Waals surface area contributed by atoms with Crippen molar-refractivity contribution in [3.05, 3.63) is 54.3 Å². The molecule has 0 radical (unpaired) electrons. The Morgan fingerprint density at radius 2 is 2.00 bits per heavy atom. The monoisotopic (exact) mass is 227 g/mol. The van der Waals surface area contributed by atoms with Gasteiger partial charge >= 0.3 is 0 Å². The Kier molecular flexibility index (Phi) is 2.27. The highest BCUT2D eigenvalue weighted by Gasteiger charge is 2.07. The molecule has 2 heterocycles. The van der Waals surface area contributed by atoms with Gasteiger partial charge in [0.2, 0.25) is 0 Å². The van der Waals surface area contributed by atoms with Crippen molar-refractivity contribution in [3.8, 4) is 17.1 Å². The van der Waals surface area contributed by atoms with Crippen molar-refractivity contribution in [3.63, 3.8) is 0 Å². The van der Waals surface area contributed by atoms with Crippen molar-refractivity contribution in [2.75, 3.05) is 0 Å². The zero-order valence-electron chi connectivity index (χ0n) is 8.45. The minimum Gasteiger partial charge on any atom is -0.300 e. The Balaban J connectivity index is 2.14. The molecule has 0 aliphatic rings. The summed E-state index contributed by atoms with van der Waals surface area (Å²) in [5.74, 6) is 0.931. The normalized spacial score (nSPS) is 10.5. The van der Waals surface area contributed by atoms with E-state index in [0.29, 0.717) is 0 Å². The first-order valence-corrected chi connectivity index (χ1v) is 5.77. The Bertz CT molecular complexity index is 569. The van der Waals surface area contributed by atoms with Crippen molar-refractivity contribution >= 4 is 11.5 Å². The molecule has 0 aliphatic carbocycles. The maximum Gasteiger partial charge on any atom is 0.146 e. The van der Waals surface area contributed by atoms with Crippen molar-refractivity contribution in [1.82, 2.24) is 13.9 Å². The molecule has 16 heavy (non-hydrogen) atoms. The number of rotatable bonds is 2. The van der Waals surface area contributed by atoms with Crippen LogP contribution in [0.4, 0.5) is 0 Å². The highest BCUT2D eigenvalue weighted by Crippen LogP contribution is 2.21. The summed E-state index contributed by atoms with van der Waals surface area (Å²) in [6.07, 6.45) is 5.61. The van der Waals surface area contributed by atoms with Gasteiger partial charge < -0.3 is 0 Å². The third-order valence-corrected chi connectivity index (χ3v) is 2.95. The fourth-order valence-corrected chi connectivity index (χ4v) is 2.14. The molecule has 0 fully saturated rings. The van der Waals surface area contributed by atoms with E-state index in [1.165, 1.54) is 11.5 Å². The first kappa shape index (κ1) is 9.30. The predicted octanol–water partition coefficient (Wildman–Crippen LogP) is 3.00. The van der Waals surface area contributed by atoms with Crippen molar-refractivity contribution in [2.24, 2.45) is 0 Å². The van der Waals surface area contributed by atoms with Crippen LogP contribution in [0.25, 0.3) is 17.1 Å². The summed E-state index contributed by atoms with van der Waals surface area (Å²) in [6, 6.07) is 10.2. The second kappa shape index (κ2) is 3.90. The fraction of sp³-hybridized carbons (Fsp3) is 0. The largest absolute Gasteiger partial charge is 0.300 e. The summed E-state index contributed by atoms with van der Waals surface area (Å²) in [4.78, 5) is 4.36. The molecule has 2 aromatic heterocycles. The molecule has 0 bridgehead atoms. The minimum absolute atomic E-state index is 0.931. The standard InChI is InChI=1S/C12H9N3S/c1-2-4-11(5-3-1)15-7-6-13-12(15)10-8-14-16-9-10/h1-9H. The molecular weight excluding hydrogens is 218 g/mol. The second-order valence-corrected chi connectivity index (χ2v) is 4.03. The van der Waals surface area contributed by atoms with E-state index in [1.807, 2.05) is 36.0 Å². The van der Waals surface area contributed by atoms with Gasteiger partial charge in [-0.2, -0.15) is 0 Å². The third-order valence-electron chi connectivity index (χ3n) is 2.37. The molecule has 3 aromatic rings. The molecule has 4 heteroatoms. The van der Waals surface area contributed by atoms with Gasteiger partial charge in [0.15, 0.2) is 0 Å². The van der Waals surface area contributed by atoms with Gasteiger partial charge in [-0.05, 0) is 23.7 Å². The number of hydrogen-bond donors (Lipinski definition) is 0. The number of nitrogens with zero attached hydrogens (tertiary/aromatic N) is 3. The summed E-state index contributed by atoms with van der Waals surface area (Å²) in [5, 5.41) is 2.00. The van der Waals surface area contributed by atoms with Crippen LogP contribution in [0.2, 0.25) is 0 Å². The molecule has 3 rings (SSSR count). The molecule has 0 saturated carbocycles. The van der Waals surface area contributed by atoms with Crippen LogP contribution < -0.4 is 0 Å². The van der Waals surface area contributed by atoms with E-state index in [1.54, 1.807) is 6.20 Å². The van der Waals surface area contributed by atoms with Crippen LogP contribution in [0.15, 0.2) is 54.3 Å². The van der Waals surface area contributed by atoms with Crippen molar-refractivity contribution in [1.29, 1.82) is 0 Å². The molecule has 0 N–H and O–H groups in total. The van der Waals surface area contributed by atoms with Crippen LogP contribution in [0, 0.1) is 0 Å². The Morgan fingerprint density at radius 1 is 1.12 bits per heavy atom. The average molecular weight is 227 g/mol.